The maximum atomic E-state index is 12.2. The number of hydrogen-bond acceptors (Lipinski definition) is 5. The Kier molecular flexibility index (Phi) is 6.73. The van der Waals surface area contributed by atoms with Gasteiger partial charge in [0.25, 0.3) is 0 Å². The molecule has 1 aromatic carbocycles. The minimum Gasteiger partial charge on any atom is -0.480 e. The fourth-order valence-corrected chi connectivity index (χ4v) is 3.66. The van der Waals surface area contributed by atoms with Gasteiger partial charge in [0.1, 0.15) is 6.04 Å². The number of amides is 2. The zero-order valence-electron chi connectivity index (χ0n) is 15.4. The van der Waals surface area contributed by atoms with E-state index in [9.17, 15) is 24.6 Å². The summed E-state index contributed by atoms with van der Waals surface area (Å²) in [5, 5.41) is 21.8. The van der Waals surface area contributed by atoms with Crippen molar-refractivity contribution in [3.63, 3.8) is 0 Å². The zero-order chi connectivity index (χ0) is 20.1. The van der Waals surface area contributed by atoms with Crippen LogP contribution in [0.5, 0.6) is 0 Å². The van der Waals surface area contributed by atoms with Gasteiger partial charge < -0.3 is 15.5 Å². The molecule has 2 amide bonds. The highest BCUT2D eigenvalue weighted by molar-refractivity contribution is 7.22. The molecule has 0 bridgehead atoms. The third kappa shape index (κ3) is 5.65. The molecule has 3 N–H and O–H groups in total. The van der Waals surface area contributed by atoms with Crippen molar-refractivity contribution < 1.29 is 24.6 Å². The molecule has 0 fully saturated rings. The fourth-order valence-electron chi connectivity index (χ4n) is 2.68. The Labute approximate surface area is 160 Å². The largest absolute Gasteiger partial charge is 0.480 e. The Morgan fingerprint density at radius 2 is 1.96 bits per heavy atom. The van der Waals surface area contributed by atoms with Crippen molar-refractivity contribution in [1.29, 1.82) is 0 Å². The van der Waals surface area contributed by atoms with Gasteiger partial charge >= 0.3 is 12.1 Å². The van der Waals surface area contributed by atoms with Gasteiger partial charge in [-0.3, -0.25) is 9.69 Å². The Bertz CT molecular complexity index is 849. The van der Waals surface area contributed by atoms with Gasteiger partial charge in [-0.05, 0) is 37.0 Å². The molecule has 0 aliphatic carbocycles. The van der Waals surface area contributed by atoms with Gasteiger partial charge in [0, 0.05) is 13.0 Å². The average molecular weight is 393 g/mol. The zero-order valence-corrected chi connectivity index (χ0v) is 16.2. The highest BCUT2D eigenvalue weighted by Crippen LogP contribution is 2.26. The number of nitrogens with one attached hydrogen (secondary N) is 1. The molecule has 1 aromatic heterocycles. The lowest BCUT2D eigenvalue weighted by Crippen LogP contribution is -2.46. The first-order chi connectivity index (χ1) is 12.7. The summed E-state index contributed by atoms with van der Waals surface area (Å²) in [6.07, 6.45) is -1.32. The summed E-state index contributed by atoms with van der Waals surface area (Å²) in [5.74, 6) is -1.62. The fraction of sp³-hybridized carbons (Fsp3) is 0.444. The Morgan fingerprint density at radius 3 is 2.56 bits per heavy atom. The van der Waals surface area contributed by atoms with E-state index in [1.165, 1.54) is 11.3 Å². The van der Waals surface area contributed by atoms with E-state index < -0.39 is 24.0 Å². The monoisotopic (exact) mass is 393 g/mol. The van der Waals surface area contributed by atoms with E-state index in [0.717, 1.165) is 20.7 Å². The molecule has 0 saturated carbocycles. The predicted molar refractivity (Wildman–Crippen MR) is 103 cm³/mol. The van der Waals surface area contributed by atoms with Crippen molar-refractivity contribution in [1.82, 2.24) is 9.88 Å². The molecule has 0 spiro atoms. The molecule has 2 aromatic rings. The number of carboxylic acid groups (broad SMARTS) is 2. The number of aryl methyl sites for hydroxylation is 1. The predicted octanol–water partition coefficient (Wildman–Crippen LogP) is 3.41. The second kappa shape index (κ2) is 8.81. The summed E-state index contributed by atoms with van der Waals surface area (Å²) < 4.78 is 0.945. The van der Waals surface area contributed by atoms with Crippen molar-refractivity contribution in [2.75, 3.05) is 11.9 Å². The Balaban J connectivity index is 2.01. The molecule has 1 atom stereocenters. The van der Waals surface area contributed by atoms with Crippen LogP contribution in [0, 0.1) is 12.8 Å². The first-order valence-electron chi connectivity index (χ1n) is 8.56. The molecule has 1 heterocycles. The highest BCUT2D eigenvalue weighted by atomic mass is 32.1. The molecule has 27 heavy (non-hydrogen) atoms. The van der Waals surface area contributed by atoms with Crippen molar-refractivity contribution in [3.05, 3.63) is 23.8 Å². The van der Waals surface area contributed by atoms with Crippen molar-refractivity contribution in [2.24, 2.45) is 5.92 Å². The molecule has 0 radical (unpaired) electrons. The van der Waals surface area contributed by atoms with Gasteiger partial charge in [0.05, 0.1) is 10.2 Å². The van der Waals surface area contributed by atoms with Gasteiger partial charge in [-0.15, -0.1) is 0 Å². The first-order valence-corrected chi connectivity index (χ1v) is 9.38. The van der Waals surface area contributed by atoms with Crippen molar-refractivity contribution in [3.8, 4) is 0 Å². The van der Waals surface area contributed by atoms with Gasteiger partial charge in [0.15, 0.2) is 5.13 Å². The lowest BCUT2D eigenvalue weighted by Gasteiger charge is -2.27. The van der Waals surface area contributed by atoms with E-state index >= 15 is 0 Å². The highest BCUT2D eigenvalue weighted by Gasteiger charge is 2.30. The molecule has 0 aliphatic rings. The minimum absolute atomic E-state index is 0.00739. The number of fused-ring (bicyclic) bond motifs is 1. The van der Waals surface area contributed by atoms with Crippen LogP contribution in [0.2, 0.25) is 0 Å². The minimum atomic E-state index is -1.36. The molecule has 2 rings (SSSR count). The molecular formula is C18H23N3O5S. The van der Waals surface area contributed by atoms with Crippen LogP contribution >= 0.6 is 11.3 Å². The topological polar surface area (TPSA) is 120 Å². The number of carbonyl (C=O) groups is 3. The van der Waals surface area contributed by atoms with E-state index in [1.807, 2.05) is 39.0 Å². The van der Waals surface area contributed by atoms with Gasteiger partial charge in [0.2, 0.25) is 5.91 Å². The number of benzene rings is 1. The summed E-state index contributed by atoms with van der Waals surface area (Å²) >= 11 is 1.33. The number of rotatable bonds is 8. The number of aliphatic carboxylic acids is 1. The molecule has 146 valence electrons. The summed E-state index contributed by atoms with van der Waals surface area (Å²) in [6.45, 7) is 5.40. The molecular weight excluding hydrogens is 370 g/mol. The van der Waals surface area contributed by atoms with Crippen LogP contribution in [-0.2, 0) is 9.59 Å². The number of thiazole rings is 1. The third-order valence-corrected chi connectivity index (χ3v) is 4.91. The standard InChI is InChI=1S/C18H23N3O5S/c1-10(2)8-13(16(23)24)21(18(25)26)7-6-15(22)20-17-19-12-5-4-11(3)9-14(12)27-17/h4-5,9-10,13H,6-8H2,1-3H3,(H,23,24)(H,25,26)(H,19,20,22). The first kappa shape index (κ1) is 20.6. The molecule has 8 nitrogen and oxygen atoms in total. The molecule has 1 unspecified atom stereocenters. The van der Waals surface area contributed by atoms with E-state index in [1.54, 1.807) is 0 Å². The normalized spacial score (nSPS) is 12.1. The summed E-state index contributed by atoms with van der Waals surface area (Å²) in [6, 6.07) is 4.59. The number of anilines is 1. The van der Waals surface area contributed by atoms with Crippen LogP contribution in [-0.4, -0.2) is 50.7 Å². The van der Waals surface area contributed by atoms with Crippen LogP contribution < -0.4 is 5.32 Å². The van der Waals surface area contributed by atoms with Gasteiger partial charge in [-0.2, -0.15) is 0 Å². The van der Waals surface area contributed by atoms with Crippen LogP contribution in [0.4, 0.5) is 9.93 Å². The molecule has 0 saturated heterocycles. The number of carboxylic acids is 1. The van der Waals surface area contributed by atoms with E-state index in [2.05, 4.69) is 10.3 Å². The second-order valence-electron chi connectivity index (χ2n) is 6.75. The Morgan fingerprint density at radius 1 is 1.26 bits per heavy atom. The average Bonchev–Trinajstić information content (AvgIpc) is 2.94. The van der Waals surface area contributed by atoms with E-state index in [0.29, 0.717) is 5.13 Å². The molecule has 9 heteroatoms. The van der Waals surface area contributed by atoms with Crippen LogP contribution in [0.3, 0.4) is 0 Å². The second-order valence-corrected chi connectivity index (χ2v) is 7.78. The van der Waals surface area contributed by atoms with Crippen LogP contribution in [0.25, 0.3) is 10.2 Å². The van der Waals surface area contributed by atoms with Crippen molar-refractivity contribution in [2.45, 2.75) is 39.7 Å². The van der Waals surface area contributed by atoms with E-state index in [4.69, 9.17) is 0 Å². The van der Waals surface area contributed by atoms with Gasteiger partial charge in [-0.1, -0.05) is 31.3 Å². The Hall–Kier alpha value is -2.68. The smallest absolute Gasteiger partial charge is 0.408 e. The number of carbonyl (C=O) groups excluding carboxylic acids is 1. The van der Waals surface area contributed by atoms with Crippen molar-refractivity contribution >= 4 is 44.7 Å². The van der Waals surface area contributed by atoms with E-state index in [-0.39, 0.29) is 25.3 Å². The lowest BCUT2D eigenvalue weighted by atomic mass is 10.0. The summed E-state index contributed by atoms with van der Waals surface area (Å²) in [7, 11) is 0. The summed E-state index contributed by atoms with van der Waals surface area (Å²) in [4.78, 5) is 40.2. The molecule has 0 aliphatic heterocycles. The lowest BCUT2D eigenvalue weighted by molar-refractivity contribution is -0.143. The maximum Gasteiger partial charge on any atom is 0.408 e. The summed E-state index contributed by atoms with van der Waals surface area (Å²) in [5.41, 5.74) is 1.86. The van der Waals surface area contributed by atoms with Gasteiger partial charge in [-0.25, -0.2) is 14.6 Å². The van der Waals surface area contributed by atoms with Crippen LogP contribution in [0.1, 0.15) is 32.3 Å². The number of nitrogens with zero attached hydrogens (tertiary/aromatic N) is 2. The SMILES string of the molecule is Cc1ccc2nc(NC(=O)CCN(C(=O)O)C(CC(C)C)C(=O)O)sc2c1. The van der Waals surface area contributed by atoms with Crippen LogP contribution in [0.15, 0.2) is 18.2 Å². The maximum absolute atomic E-state index is 12.2. The quantitative estimate of drug-likeness (QED) is 0.632. The number of hydrogen-bond donors (Lipinski definition) is 3. The number of aromatic nitrogens is 1. The third-order valence-electron chi connectivity index (χ3n) is 3.97.